The van der Waals surface area contributed by atoms with Crippen molar-refractivity contribution in [2.75, 3.05) is 0 Å². The summed E-state index contributed by atoms with van der Waals surface area (Å²) in [5.41, 5.74) is -2.39. The van der Waals surface area contributed by atoms with E-state index >= 15 is 8.78 Å². The van der Waals surface area contributed by atoms with E-state index in [0.717, 1.165) is 6.42 Å². The maximum Gasteiger partial charge on any atom is 0.466 e. The molecule has 2 atom stereocenters. The zero-order valence-electron chi connectivity index (χ0n) is 21.6. The van der Waals surface area contributed by atoms with Crippen molar-refractivity contribution < 1.29 is 35.5 Å². The lowest BCUT2D eigenvalue weighted by atomic mass is 9.52. The molecule has 0 heterocycles. The largest absolute Gasteiger partial charge is 0.466 e. The highest BCUT2D eigenvalue weighted by atomic mass is 32.3. The van der Waals surface area contributed by atoms with Gasteiger partial charge in [-0.15, -0.1) is 0 Å². The summed E-state index contributed by atoms with van der Waals surface area (Å²) in [4.78, 5) is 14.2. The molecule has 0 aromatic heterocycles. The zero-order valence-corrected chi connectivity index (χ0v) is 23.3. The Balaban J connectivity index is 1.40. The predicted molar refractivity (Wildman–Crippen MR) is 145 cm³/mol. The van der Waals surface area contributed by atoms with Crippen LogP contribution in [0.4, 0.5) is 8.78 Å². The number of esters is 1. The molecule has 0 radical (unpaired) electrons. The minimum Gasteiger partial charge on any atom is -0.454 e. The van der Waals surface area contributed by atoms with E-state index in [1.807, 2.05) is 0 Å². The Kier molecular flexibility index (Phi) is 6.61. The van der Waals surface area contributed by atoms with Crippen LogP contribution < -0.4 is 0 Å². The van der Waals surface area contributed by atoms with Crippen molar-refractivity contribution >= 4 is 26.4 Å². The van der Waals surface area contributed by atoms with Gasteiger partial charge in [-0.2, -0.15) is 17.2 Å². The predicted octanol–water partition coefficient (Wildman–Crippen LogP) is 6.45. The van der Waals surface area contributed by atoms with Gasteiger partial charge < -0.3 is 9.84 Å². The molecule has 1 N–H and O–H groups in total. The standard InChI is InChI=1S/C30H30F2O6S2/c31-30(32,27(33)37-29-19-22-16-23(20-29)18-28(34,17-22)21-29)40(35,36)38-39(24-10-4-1-5-11-24,25-12-6-2-7-13-25)26-14-8-3-9-15-26/h1-15,22-23,34H,16-21H2. The number of hydrogen-bond acceptors (Lipinski definition) is 6. The van der Waals surface area contributed by atoms with Crippen molar-refractivity contribution in [2.24, 2.45) is 11.8 Å². The van der Waals surface area contributed by atoms with E-state index in [4.69, 9.17) is 8.37 Å². The monoisotopic (exact) mass is 588 g/mol. The lowest BCUT2D eigenvalue weighted by Gasteiger charge is -2.59. The number of ether oxygens (including phenoxy) is 1. The Hall–Kier alpha value is -2.79. The van der Waals surface area contributed by atoms with Crippen molar-refractivity contribution in [2.45, 2.75) is 69.7 Å². The lowest BCUT2D eigenvalue weighted by molar-refractivity contribution is -0.228. The Bertz CT molecular complexity index is 1390. The Morgan fingerprint density at radius 1 is 0.775 bits per heavy atom. The molecule has 4 fully saturated rings. The van der Waals surface area contributed by atoms with Crippen LogP contribution in [-0.4, -0.2) is 36.0 Å². The maximum atomic E-state index is 15.8. The molecule has 0 aliphatic heterocycles. The third-order valence-corrected chi connectivity index (χ3v) is 13.4. The number of benzene rings is 3. The van der Waals surface area contributed by atoms with Gasteiger partial charge in [0, 0.05) is 21.1 Å². The third-order valence-electron chi connectivity index (χ3n) is 8.25. The first-order valence-electron chi connectivity index (χ1n) is 13.2. The number of aliphatic hydroxyl groups is 1. The van der Waals surface area contributed by atoms with E-state index in [-0.39, 0.29) is 18.3 Å². The third kappa shape index (κ3) is 4.55. The highest BCUT2D eigenvalue weighted by molar-refractivity contribution is 8.33. The van der Waals surface area contributed by atoms with Gasteiger partial charge in [-0.25, -0.2) is 8.42 Å². The molecule has 2 unspecified atom stereocenters. The fourth-order valence-electron chi connectivity index (χ4n) is 7.15. The van der Waals surface area contributed by atoms with Crippen molar-refractivity contribution in [3.8, 4) is 0 Å². The first-order valence-corrected chi connectivity index (χ1v) is 16.2. The second-order valence-electron chi connectivity index (χ2n) is 11.3. The van der Waals surface area contributed by atoms with Gasteiger partial charge in [-0.1, -0.05) is 54.6 Å². The Morgan fingerprint density at radius 2 is 1.20 bits per heavy atom. The first kappa shape index (κ1) is 27.4. The molecule has 0 saturated heterocycles. The molecular weight excluding hydrogens is 558 g/mol. The minimum absolute atomic E-state index is 0.0307. The average Bonchev–Trinajstić information content (AvgIpc) is 2.91. The van der Waals surface area contributed by atoms with Gasteiger partial charge in [0.1, 0.15) is 5.60 Å². The summed E-state index contributed by atoms with van der Waals surface area (Å²) >= 11 is 0. The fraction of sp³-hybridized carbons (Fsp3) is 0.367. The average molecular weight is 589 g/mol. The second kappa shape index (κ2) is 9.65. The van der Waals surface area contributed by atoms with E-state index < -0.39 is 42.9 Å². The van der Waals surface area contributed by atoms with Crippen LogP contribution in [0.15, 0.2) is 106 Å². The quantitative estimate of drug-likeness (QED) is 0.304. The number of alkyl halides is 2. The molecule has 0 amide bonds. The van der Waals surface area contributed by atoms with Crippen LogP contribution in [0.1, 0.15) is 38.5 Å². The molecule has 10 heteroatoms. The molecule has 0 spiro atoms. The number of hydrogen-bond donors (Lipinski definition) is 1. The first-order chi connectivity index (χ1) is 19.0. The van der Waals surface area contributed by atoms with Gasteiger partial charge in [0.15, 0.2) is 0 Å². The molecule has 3 aromatic rings. The van der Waals surface area contributed by atoms with Crippen LogP contribution in [0.25, 0.3) is 0 Å². The molecule has 4 aliphatic carbocycles. The topological polar surface area (TPSA) is 89.9 Å². The van der Waals surface area contributed by atoms with Gasteiger partial charge in [0.25, 0.3) is 0 Å². The zero-order chi connectivity index (χ0) is 28.2. The van der Waals surface area contributed by atoms with Crippen molar-refractivity contribution in [1.29, 1.82) is 0 Å². The molecule has 6 nitrogen and oxygen atoms in total. The van der Waals surface area contributed by atoms with Gasteiger partial charge in [-0.05, 0) is 90.6 Å². The molecule has 4 saturated carbocycles. The Morgan fingerprint density at radius 3 is 1.60 bits per heavy atom. The highest BCUT2D eigenvalue weighted by Crippen LogP contribution is 2.70. The van der Waals surface area contributed by atoms with E-state index in [2.05, 4.69) is 0 Å². The van der Waals surface area contributed by atoms with Crippen molar-refractivity contribution in [1.82, 2.24) is 0 Å². The molecule has 40 heavy (non-hydrogen) atoms. The summed E-state index contributed by atoms with van der Waals surface area (Å²) in [6.45, 7) is 0. The van der Waals surface area contributed by atoms with Crippen LogP contribution in [0.3, 0.4) is 0 Å². The molecule has 212 valence electrons. The van der Waals surface area contributed by atoms with Crippen LogP contribution in [0.2, 0.25) is 0 Å². The molecule has 3 aromatic carbocycles. The summed E-state index contributed by atoms with van der Waals surface area (Å²) in [7, 11) is -9.18. The smallest absolute Gasteiger partial charge is 0.454 e. The van der Waals surface area contributed by atoms with Crippen LogP contribution in [0, 0.1) is 11.8 Å². The summed E-state index contributed by atoms with van der Waals surface area (Å²) in [6.07, 6.45) is 2.62. The van der Waals surface area contributed by atoms with E-state index in [9.17, 15) is 18.3 Å². The van der Waals surface area contributed by atoms with E-state index in [1.54, 1.807) is 91.0 Å². The van der Waals surface area contributed by atoms with Crippen molar-refractivity contribution in [3.63, 3.8) is 0 Å². The number of rotatable bonds is 8. The van der Waals surface area contributed by atoms with E-state index in [0.29, 0.717) is 40.4 Å². The van der Waals surface area contributed by atoms with Gasteiger partial charge in [-0.3, -0.25) is 0 Å². The van der Waals surface area contributed by atoms with Crippen LogP contribution in [-0.2, 0) is 23.3 Å². The van der Waals surface area contributed by atoms with Gasteiger partial charge in [0.2, 0.25) is 0 Å². The normalized spacial score (nSPS) is 28.3. The number of carbonyl (C=O) groups is 1. The molecular formula is C30H30F2O6S2. The number of carbonyl (C=O) groups excluding carboxylic acids is 1. The molecule has 7 rings (SSSR count). The maximum absolute atomic E-state index is 15.8. The molecule has 4 bridgehead atoms. The van der Waals surface area contributed by atoms with Gasteiger partial charge >= 0.3 is 21.3 Å². The van der Waals surface area contributed by atoms with Crippen LogP contribution in [0.5, 0.6) is 0 Å². The van der Waals surface area contributed by atoms with Gasteiger partial charge in [0.05, 0.1) is 5.60 Å². The van der Waals surface area contributed by atoms with Crippen LogP contribution >= 0.6 is 10.3 Å². The summed E-state index contributed by atoms with van der Waals surface area (Å²) < 4.78 is 69.9. The van der Waals surface area contributed by atoms with Crippen molar-refractivity contribution in [3.05, 3.63) is 91.0 Å². The minimum atomic E-state index is -5.89. The lowest BCUT2D eigenvalue weighted by Crippen LogP contribution is -2.61. The highest BCUT2D eigenvalue weighted by Gasteiger charge is 2.64. The summed E-state index contributed by atoms with van der Waals surface area (Å²) in [6, 6.07) is 24.9. The fourth-order valence-corrected chi connectivity index (χ4v) is 12.2. The summed E-state index contributed by atoms with van der Waals surface area (Å²) in [5.74, 6) is -2.07. The number of halogens is 2. The SMILES string of the molecule is O=C(OC12CC3CC(CC(O)(C3)C1)C2)C(F)(F)S(=O)(=O)OS(c1ccccc1)(c1ccccc1)c1ccccc1. The second-order valence-corrected chi connectivity index (χ2v) is 15.8. The molecule has 4 aliphatic rings. The Labute approximate surface area is 234 Å². The van der Waals surface area contributed by atoms with E-state index in [1.165, 1.54) is 0 Å². The summed E-state index contributed by atoms with van der Waals surface area (Å²) in [5, 5.41) is 5.97.